The van der Waals surface area contributed by atoms with E-state index in [0.717, 1.165) is 0 Å². The van der Waals surface area contributed by atoms with Gasteiger partial charge in [-0.25, -0.2) is 4.79 Å². The summed E-state index contributed by atoms with van der Waals surface area (Å²) in [6.07, 6.45) is -9.27. The second kappa shape index (κ2) is 9.36. The number of carbonyl (C=O) groups excluding carboxylic acids is 2. The number of rotatable bonds is 6. The lowest BCUT2D eigenvalue weighted by molar-refractivity contribution is -0.286. The predicted molar refractivity (Wildman–Crippen MR) is 105 cm³/mol. The van der Waals surface area contributed by atoms with E-state index in [9.17, 15) is 29.7 Å². The Morgan fingerprint density at radius 1 is 0.903 bits per heavy atom. The molecule has 0 aromatic heterocycles. The summed E-state index contributed by atoms with van der Waals surface area (Å²) in [4.78, 5) is 36.4. The van der Waals surface area contributed by atoms with Crippen LogP contribution in [-0.4, -0.2) is 68.9 Å². The Morgan fingerprint density at radius 2 is 1.55 bits per heavy atom. The Labute approximate surface area is 177 Å². The van der Waals surface area contributed by atoms with Gasteiger partial charge in [0.2, 0.25) is 6.29 Å². The highest BCUT2D eigenvalue weighted by Crippen LogP contribution is 2.26. The van der Waals surface area contributed by atoms with Gasteiger partial charge in [0.05, 0.1) is 5.92 Å². The number of aliphatic hydroxyl groups excluding tert-OH is 3. The van der Waals surface area contributed by atoms with Crippen molar-refractivity contribution in [2.45, 2.75) is 43.5 Å². The van der Waals surface area contributed by atoms with Crippen molar-refractivity contribution in [1.29, 1.82) is 0 Å². The molecule has 0 spiro atoms. The van der Waals surface area contributed by atoms with Gasteiger partial charge >= 0.3 is 11.9 Å². The normalized spacial score (nSPS) is 26.6. The van der Waals surface area contributed by atoms with Crippen LogP contribution in [0.15, 0.2) is 54.6 Å². The van der Waals surface area contributed by atoms with Crippen LogP contribution < -0.4 is 0 Å². The maximum Gasteiger partial charge on any atom is 0.335 e. The van der Waals surface area contributed by atoms with Gasteiger partial charge in [-0.3, -0.25) is 9.59 Å². The molecule has 0 radical (unpaired) electrons. The molecule has 0 aliphatic carbocycles. The fourth-order valence-corrected chi connectivity index (χ4v) is 3.21. The number of benzene rings is 2. The zero-order valence-electron chi connectivity index (χ0n) is 16.5. The molecule has 0 amide bonds. The first-order valence-corrected chi connectivity index (χ1v) is 9.53. The number of esters is 1. The van der Waals surface area contributed by atoms with Crippen LogP contribution in [0.1, 0.15) is 34.3 Å². The lowest BCUT2D eigenvalue weighted by Crippen LogP contribution is -2.60. The van der Waals surface area contributed by atoms with Crippen molar-refractivity contribution >= 4 is 17.7 Å². The molecule has 1 aliphatic heterocycles. The average Bonchev–Trinajstić information content (AvgIpc) is 2.78. The number of aliphatic carboxylic acids is 1. The number of hydrogen-bond donors (Lipinski definition) is 4. The zero-order valence-corrected chi connectivity index (χ0v) is 16.5. The molecule has 3 rings (SSSR count). The monoisotopic (exact) mass is 431 g/mol. The quantitative estimate of drug-likeness (QED) is 0.290. The zero-order chi connectivity index (χ0) is 22.7. The van der Waals surface area contributed by atoms with Crippen LogP contribution in [-0.2, 0) is 19.1 Å². The molecule has 2 aromatic carbocycles. The molecular formula is C22H22O9. The van der Waals surface area contributed by atoms with Crippen LogP contribution in [0.3, 0.4) is 0 Å². The van der Waals surface area contributed by atoms with Gasteiger partial charge in [0.1, 0.15) is 18.3 Å². The van der Waals surface area contributed by atoms with Crippen molar-refractivity contribution < 1.29 is 44.3 Å². The van der Waals surface area contributed by atoms with Crippen LogP contribution in [0.4, 0.5) is 0 Å². The molecule has 0 unspecified atom stereocenters. The second-order valence-corrected chi connectivity index (χ2v) is 7.21. The SMILES string of the molecule is C[C@@H](c1cccc(C(=O)c2ccccc2)c1)[13C](=O)O[C@@H]1O[C@H](C(=O)O)[C@@H](O)[C@H](O)[C@H]1O. The summed E-state index contributed by atoms with van der Waals surface area (Å²) in [7, 11) is 0. The summed E-state index contributed by atoms with van der Waals surface area (Å²) in [5.41, 5.74) is 1.30. The number of carboxylic acid groups (broad SMARTS) is 1. The molecule has 9 heteroatoms. The minimum absolute atomic E-state index is 0.226. The fraction of sp³-hybridized carbons (Fsp3) is 0.318. The Hall–Kier alpha value is -3.11. The first-order chi connectivity index (χ1) is 14.7. The van der Waals surface area contributed by atoms with Gasteiger partial charge in [-0.15, -0.1) is 0 Å². The van der Waals surface area contributed by atoms with E-state index in [4.69, 9.17) is 14.6 Å². The molecule has 0 bridgehead atoms. The van der Waals surface area contributed by atoms with Crippen LogP contribution in [0, 0.1) is 0 Å². The smallest absolute Gasteiger partial charge is 0.335 e. The largest absolute Gasteiger partial charge is 0.479 e. The molecule has 1 saturated heterocycles. The van der Waals surface area contributed by atoms with E-state index < -0.39 is 48.6 Å². The van der Waals surface area contributed by atoms with Gasteiger partial charge in [-0.05, 0) is 18.6 Å². The van der Waals surface area contributed by atoms with Crippen molar-refractivity contribution in [2.24, 2.45) is 0 Å². The van der Waals surface area contributed by atoms with Gasteiger partial charge in [-0.2, -0.15) is 0 Å². The Morgan fingerprint density at radius 3 is 2.19 bits per heavy atom. The number of hydrogen-bond acceptors (Lipinski definition) is 8. The highest BCUT2D eigenvalue weighted by Gasteiger charge is 2.48. The highest BCUT2D eigenvalue weighted by molar-refractivity contribution is 6.09. The fourth-order valence-electron chi connectivity index (χ4n) is 3.21. The summed E-state index contributed by atoms with van der Waals surface area (Å²) < 4.78 is 10.0. The third-order valence-corrected chi connectivity index (χ3v) is 5.08. The van der Waals surface area contributed by atoms with Crippen molar-refractivity contribution in [3.8, 4) is 0 Å². The predicted octanol–water partition coefficient (Wildman–Crippen LogP) is 0.456. The van der Waals surface area contributed by atoms with E-state index >= 15 is 0 Å². The van der Waals surface area contributed by atoms with Gasteiger partial charge in [0.25, 0.3) is 0 Å². The number of ether oxygens (including phenoxy) is 2. The topological polar surface area (TPSA) is 151 Å². The lowest BCUT2D eigenvalue weighted by Gasteiger charge is -2.38. The maximum absolute atomic E-state index is 12.6. The van der Waals surface area contributed by atoms with Crippen molar-refractivity contribution in [3.05, 3.63) is 71.3 Å². The van der Waals surface area contributed by atoms with Gasteiger partial charge in [-0.1, -0.05) is 48.5 Å². The maximum atomic E-state index is 12.6. The molecule has 2 aromatic rings. The molecule has 31 heavy (non-hydrogen) atoms. The van der Waals surface area contributed by atoms with Crippen LogP contribution >= 0.6 is 0 Å². The van der Waals surface area contributed by atoms with Crippen molar-refractivity contribution in [2.75, 3.05) is 0 Å². The number of aliphatic hydroxyl groups is 3. The molecule has 1 heterocycles. The summed E-state index contributed by atoms with van der Waals surface area (Å²) in [6.45, 7) is 1.50. The van der Waals surface area contributed by atoms with Crippen LogP contribution in [0.2, 0.25) is 0 Å². The molecule has 1 fully saturated rings. The Bertz CT molecular complexity index is 958. The lowest BCUT2D eigenvalue weighted by atomic mass is 9.98. The van der Waals surface area contributed by atoms with E-state index in [1.54, 1.807) is 48.5 Å². The third-order valence-electron chi connectivity index (χ3n) is 5.08. The van der Waals surface area contributed by atoms with Crippen molar-refractivity contribution in [1.82, 2.24) is 0 Å². The average molecular weight is 431 g/mol. The van der Waals surface area contributed by atoms with E-state index in [1.165, 1.54) is 13.0 Å². The third kappa shape index (κ3) is 4.80. The summed E-state index contributed by atoms with van der Waals surface area (Å²) in [6, 6.07) is 15.0. The first-order valence-electron chi connectivity index (χ1n) is 9.53. The number of ketones is 1. The number of carboxylic acids is 1. The molecule has 9 nitrogen and oxygen atoms in total. The molecule has 164 valence electrons. The van der Waals surface area contributed by atoms with Gasteiger partial charge < -0.3 is 29.9 Å². The van der Waals surface area contributed by atoms with Crippen LogP contribution in [0.25, 0.3) is 0 Å². The van der Waals surface area contributed by atoms with E-state index in [1.807, 2.05) is 0 Å². The standard InChI is InChI=1S/C22H22O9/c1-11(13-8-5-9-14(10-13)15(23)12-6-3-2-4-7-12)21(29)31-22-18(26)16(24)17(25)19(30-22)20(27)28/h2-11,16-19,22,24-26H,1H3,(H,27,28)/t11-,16-,17-,18+,19-,22-/m0/s1/i21+1. The Balaban J connectivity index is 1.74. The minimum atomic E-state index is -1.89. The van der Waals surface area contributed by atoms with E-state index in [0.29, 0.717) is 16.7 Å². The molecule has 0 saturated carbocycles. The van der Waals surface area contributed by atoms with E-state index in [-0.39, 0.29) is 5.78 Å². The van der Waals surface area contributed by atoms with Gasteiger partial charge in [0.15, 0.2) is 11.9 Å². The van der Waals surface area contributed by atoms with Crippen molar-refractivity contribution in [3.63, 3.8) is 0 Å². The number of carbonyl (C=O) groups is 3. The van der Waals surface area contributed by atoms with Crippen LogP contribution in [0.5, 0.6) is 0 Å². The first kappa shape index (κ1) is 22.6. The molecule has 6 atom stereocenters. The Kier molecular flexibility index (Phi) is 6.81. The second-order valence-electron chi connectivity index (χ2n) is 7.21. The highest BCUT2D eigenvalue weighted by atomic mass is 16.8. The minimum Gasteiger partial charge on any atom is -0.479 e. The van der Waals surface area contributed by atoms with E-state index in [2.05, 4.69) is 0 Å². The van der Waals surface area contributed by atoms with Gasteiger partial charge in [0, 0.05) is 11.1 Å². The summed E-state index contributed by atoms with van der Waals surface area (Å²) >= 11 is 0. The molecule has 4 N–H and O–H groups in total. The summed E-state index contributed by atoms with van der Waals surface area (Å²) in [5, 5.41) is 38.6. The summed E-state index contributed by atoms with van der Waals surface area (Å²) in [5.74, 6) is -3.58. The molecule has 1 aliphatic rings. The molecular weight excluding hydrogens is 409 g/mol.